The molecule has 0 saturated heterocycles. The van der Waals surface area contributed by atoms with E-state index in [2.05, 4.69) is 17.6 Å². The van der Waals surface area contributed by atoms with E-state index in [0.29, 0.717) is 5.17 Å². The van der Waals surface area contributed by atoms with Gasteiger partial charge in [-0.15, -0.1) is 12.6 Å². The molecule has 1 atom stereocenters. The monoisotopic (exact) mass is 322 g/mol. The Morgan fingerprint density at radius 1 is 1.10 bits per heavy atom. The van der Waals surface area contributed by atoms with E-state index in [0.717, 1.165) is 11.3 Å². The predicted molar refractivity (Wildman–Crippen MR) is 87.6 cm³/mol. The highest BCUT2D eigenvalue weighted by molar-refractivity contribution is 8.13. The second kappa shape index (κ2) is 5.69. The molecule has 0 fully saturated rings. The number of para-hydroxylation sites is 2. The molecule has 108 valence electrons. The van der Waals surface area contributed by atoms with Gasteiger partial charge < -0.3 is 0 Å². The zero-order valence-electron chi connectivity index (χ0n) is 11.1. The highest BCUT2D eigenvalue weighted by atomic mass is 32.2. The van der Waals surface area contributed by atoms with Crippen LogP contribution in [0.15, 0.2) is 47.5 Å². The van der Waals surface area contributed by atoms with Crippen LogP contribution in [0.1, 0.15) is 10.9 Å². The summed E-state index contributed by atoms with van der Waals surface area (Å²) in [7, 11) is 0. The van der Waals surface area contributed by atoms with Crippen molar-refractivity contribution in [2.45, 2.75) is 5.37 Å². The largest absolute Gasteiger partial charge is 0.299 e. The van der Waals surface area contributed by atoms with Gasteiger partial charge in [-0.1, -0.05) is 36.0 Å². The smallest absolute Gasteiger partial charge is 0.170 e. The molecule has 2 aromatic rings. The van der Waals surface area contributed by atoms with Gasteiger partial charge in [-0.25, -0.2) is 13.8 Å². The number of nitrogens with zero attached hydrogens (tertiary/aromatic N) is 2. The molecule has 3 rings (SSSR count). The third kappa shape index (κ3) is 2.42. The maximum Gasteiger partial charge on any atom is 0.170 e. The fourth-order valence-corrected chi connectivity index (χ4v) is 3.39. The Balaban J connectivity index is 2.19. The van der Waals surface area contributed by atoms with E-state index in [1.54, 1.807) is 0 Å². The van der Waals surface area contributed by atoms with Crippen molar-refractivity contribution in [2.75, 3.05) is 11.2 Å². The first-order chi connectivity index (χ1) is 10.1. The van der Waals surface area contributed by atoms with E-state index in [1.165, 1.54) is 34.9 Å². The number of hydrogen-bond donors (Lipinski definition) is 1. The van der Waals surface area contributed by atoms with E-state index < -0.39 is 17.0 Å². The molecule has 0 bridgehead atoms. The van der Waals surface area contributed by atoms with Gasteiger partial charge in [0.05, 0.1) is 5.69 Å². The van der Waals surface area contributed by atoms with Crippen molar-refractivity contribution < 1.29 is 8.78 Å². The molecule has 1 aliphatic heterocycles. The summed E-state index contributed by atoms with van der Waals surface area (Å²) >= 11 is 5.88. The SMILES string of the molecule is CSC1=Nc2ccccc2C(S)N1c1c(F)cccc1F. The molecule has 2 aromatic carbocycles. The number of rotatable bonds is 1. The number of hydrogen-bond acceptors (Lipinski definition) is 4. The van der Waals surface area contributed by atoms with Crippen LogP contribution in [-0.2, 0) is 0 Å². The van der Waals surface area contributed by atoms with E-state index in [1.807, 2.05) is 30.5 Å². The summed E-state index contributed by atoms with van der Waals surface area (Å²) in [5.74, 6) is -1.26. The lowest BCUT2D eigenvalue weighted by atomic mass is 10.1. The Hall–Kier alpha value is -1.53. The van der Waals surface area contributed by atoms with E-state index in [-0.39, 0.29) is 5.69 Å². The van der Waals surface area contributed by atoms with Gasteiger partial charge in [0, 0.05) is 5.56 Å². The highest BCUT2D eigenvalue weighted by Gasteiger charge is 2.31. The van der Waals surface area contributed by atoms with Crippen LogP contribution < -0.4 is 4.90 Å². The van der Waals surface area contributed by atoms with Gasteiger partial charge in [-0.3, -0.25) is 4.90 Å². The summed E-state index contributed by atoms with van der Waals surface area (Å²) in [5.41, 5.74) is 1.47. The van der Waals surface area contributed by atoms with E-state index in [9.17, 15) is 8.78 Å². The molecule has 1 unspecified atom stereocenters. The maximum absolute atomic E-state index is 14.1. The van der Waals surface area contributed by atoms with Crippen LogP contribution in [0, 0.1) is 11.6 Å². The quantitative estimate of drug-likeness (QED) is 0.761. The summed E-state index contributed by atoms with van der Waals surface area (Å²) < 4.78 is 28.2. The summed E-state index contributed by atoms with van der Waals surface area (Å²) in [5, 5.41) is 0.0188. The number of benzene rings is 2. The number of amidine groups is 1. The molecule has 1 heterocycles. The number of thiol groups is 1. The zero-order chi connectivity index (χ0) is 15.0. The predicted octanol–water partition coefficient (Wildman–Crippen LogP) is 4.76. The normalized spacial score (nSPS) is 17.4. The molecule has 0 amide bonds. The highest BCUT2D eigenvalue weighted by Crippen LogP contribution is 2.42. The average molecular weight is 322 g/mol. The molecule has 21 heavy (non-hydrogen) atoms. The van der Waals surface area contributed by atoms with Crippen molar-refractivity contribution in [3.05, 3.63) is 59.7 Å². The van der Waals surface area contributed by atoms with Crippen LogP contribution >= 0.6 is 24.4 Å². The first-order valence-electron chi connectivity index (χ1n) is 6.26. The Morgan fingerprint density at radius 3 is 2.43 bits per heavy atom. The summed E-state index contributed by atoms with van der Waals surface area (Å²) in [6.07, 6.45) is 1.82. The van der Waals surface area contributed by atoms with Gasteiger partial charge in [0.2, 0.25) is 0 Å². The molecule has 0 N–H and O–H groups in total. The van der Waals surface area contributed by atoms with E-state index >= 15 is 0 Å². The average Bonchev–Trinajstić information content (AvgIpc) is 2.49. The van der Waals surface area contributed by atoms with Crippen LogP contribution in [0.25, 0.3) is 0 Å². The van der Waals surface area contributed by atoms with Gasteiger partial charge in [-0.2, -0.15) is 0 Å². The molecule has 0 aliphatic carbocycles. The molecule has 6 heteroatoms. The standard InChI is InChI=1S/C15H12F2N2S2/c1-21-15-18-12-8-3-2-5-9(12)14(20)19(15)13-10(16)6-4-7-11(13)17/h2-8,14,20H,1H3. The van der Waals surface area contributed by atoms with E-state index in [4.69, 9.17) is 0 Å². The van der Waals surface area contributed by atoms with Crippen LogP contribution in [0.2, 0.25) is 0 Å². The molecule has 0 aromatic heterocycles. The summed E-state index contributed by atoms with van der Waals surface area (Å²) in [4.78, 5) is 5.96. The third-order valence-corrected chi connectivity index (χ3v) is 4.40. The van der Waals surface area contributed by atoms with Crippen molar-refractivity contribution >= 4 is 40.9 Å². The molecular formula is C15H12F2N2S2. The molecule has 0 radical (unpaired) electrons. The van der Waals surface area contributed by atoms with Crippen molar-refractivity contribution in [1.29, 1.82) is 0 Å². The number of halogens is 2. The van der Waals surface area contributed by atoms with Crippen molar-refractivity contribution in [3.63, 3.8) is 0 Å². The Morgan fingerprint density at radius 2 is 1.76 bits per heavy atom. The fraction of sp³-hybridized carbons (Fsp3) is 0.133. The number of aliphatic imine (C=N–C) groups is 1. The number of fused-ring (bicyclic) bond motifs is 1. The fourth-order valence-electron chi connectivity index (χ4n) is 2.29. The molecular weight excluding hydrogens is 310 g/mol. The first kappa shape index (κ1) is 14.4. The maximum atomic E-state index is 14.1. The van der Waals surface area contributed by atoms with Crippen molar-refractivity contribution in [2.24, 2.45) is 4.99 Å². The molecule has 1 aliphatic rings. The second-order valence-electron chi connectivity index (χ2n) is 4.47. The number of anilines is 1. The summed E-state index contributed by atoms with van der Waals surface area (Å²) in [6.45, 7) is 0. The summed E-state index contributed by atoms with van der Waals surface area (Å²) in [6, 6.07) is 11.3. The second-order valence-corrected chi connectivity index (χ2v) is 5.73. The number of thioether (sulfide) groups is 1. The van der Waals surface area contributed by atoms with Gasteiger partial charge >= 0.3 is 0 Å². The minimum absolute atomic E-state index is 0.125. The zero-order valence-corrected chi connectivity index (χ0v) is 12.8. The lowest BCUT2D eigenvalue weighted by Crippen LogP contribution is -2.34. The van der Waals surface area contributed by atoms with Gasteiger partial charge in [-0.05, 0) is 24.5 Å². The van der Waals surface area contributed by atoms with Crippen LogP contribution in [-0.4, -0.2) is 11.4 Å². The van der Waals surface area contributed by atoms with Gasteiger partial charge in [0.15, 0.2) is 5.17 Å². The Bertz CT molecular complexity index is 698. The minimum atomic E-state index is -0.629. The lowest BCUT2D eigenvalue weighted by Gasteiger charge is -2.35. The first-order valence-corrected chi connectivity index (χ1v) is 8.00. The van der Waals surface area contributed by atoms with Crippen molar-refractivity contribution in [1.82, 2.24) is 0 Å². The lowest BCUT2D eigenvalue weighted by molar-refractivity contribution is 0.581. The molecule has 0 saturated carbocycles. The van der Waals surface area contributed by atoms with Gasteiger partial charge in [0.25, 0.3) is 0 Å². The van der Waals surface area contributed by atoms with Crippen LogP contribution in [0.3, 0.4) is 0 Å². The van der Waals surface area contributed by atoms with Crippen molar-refractivity contribution in [3.8, 4) is 0 Å². The minimum Gasteiger partial charge on any atom is -0.299 e. The van der Waals surface area contributed by atoms with Crippen LogP contribution in [0.5, 0.6) is 0 Å². The molecule has 2 nitrogen and oxygen atoms in total. The van der Waals surface area contributed by atoms with Gasteiger partial charge in [0.1, 0.15) is 22.7 Å². The topological polar surface area (TPSA) is 15.6 Å². The third-order valence-electron chi connectivity index (χ3n) is 3.24. The molecule has 0 spiro atoms. The Kier molecular flexibility index (Phi) is 3.91. The Labute approximate surface area is 131 Å². The van der Waals surface area contributed by atoms with Crippen LogP contribution in [0.4, 0.5) is 20.2 Å².